The summed E-state index contributed by atoms with van der Waals surface area (Å²) in [4.78, 5) is 81.7. The van der Waals surface area contributed by atoms with E-state index in [2.05, 4.69) is 33.5 Å². The minimum atomic E-state index is -1.59. The van der Waals surface area contributed by atoms with Crippen LogP contribution < -0.4 is 26.6 Å². The van der Waals surface area contributed by atoms with Crippen molar-refractivity contribution in [1.82, 2.24) is 26.6 Å². The van der Waals surface area contributed by atoms with Crippen molar-refractivity contribution in [2.45, 2.75) is 148 Å². The number of aliphatic hydroxyl groups excluding tert-OH is 2. The first kappa shape index (κ1) is 44.1. The molecule has 14 heteroatoms. The summed E-state index contributed by atoms with van der Waals surface area (Å²) in [7, 11) is 0. The van der Waals surface area contributed by atoms with Gasteiger partial charge >= 0.3 is 5.97 Å². The summed E-state index contributed by atoms with van der Waals surface area (Å²) in [5.41, 5.74) is 0.690. The number of nitrogens with one attached hydrogen (secondary N) is 5. The number of carbonyl (C=O) groups is 6. The van der Waals surface area contributed by atoms with Crippen molar-refractivity contribution in [1.29, 1.82) is 0 Å². The molecule has 52 heavy (non-hydrogen) atoms. The van der Waals surface area contributed by atoms with Gasteiger partial charge in [-0.15, -0.1) is 0 Å². The van der Waals surface area contributed by atoms with Crippen molar-refractivity contribution in [2.75, 3.05) is 6.61 Å². The Bertz CT molecular complexity index is 1310. The second-order valence-electron chi connectivity index (χ2n) is 14.3. The Morgan fingerprint density at radius 1 is 0.731 bits per heavy atom. The van der Waals surface area contributed by atoms with E-state index in [0.717, 1.165) is 25.7 Å². The van der Waals surface area contributed by atoms with Crippen molar-refractivity contribution < 1.29 is 43.7 Å². The van der Waals surface area contributed by atoms with Crippen LogP contribution in [0.15, 0.2) is 30.3 Å². The van der Waals surface area contributed by atoms with Crippen LogP contribution in [0.25, 0.3) is 0 Å². The van der Waals surface area contributed by atoms with Crippen molar-refractivity contribution in [3.05, 3.63) is 35.9 Å². The maximum Gasteiger partial charge on any atom is 0.329 e. The number of rotatable bonds is 14. The van der Waals surface area contributed by atoms with E-state index < -0.39 is 90.4 Å². The average molecular weight is 732 g/mol. The Morgan fingerprint density at radius 2 is 1.33 bits per heavy atom. The fraction of sp³-hybridized carbons (Fsp3) is 0.684. The van der Waals surface area contributed by atoms with E-state index in [-0.39, 0.29) is 25.2 Å². The molecule has 292 valence electrons. The highest BCUT2D eigenvalue weighted by Gasteiger charge is 2.36. The summed E-state index contributed by atoms with van der Waals surface area (Å²) in [6, 6.07) is 2.26. The number of carbonyl (C=O) groups excluding carboxylic acids is 6. The molecule has 1 fully saturated rings. The van der Waals surface area contributed by atoms with Crippen LogP contribution in [0.1, 0.15) is 105 Å². The maximum absolute atomic E-state index is 14.0. The fourth-order valence-electron chi connectivity index (χ4n) is 5.95. The molecule has 0 aromatic heterocycles. The molecular weight excluding hydrogens is 670 g/mol. The molecule has 1 aromatic carbocycles. The SMILES string of the molecule is CCCCCCCC1CC(=O)NC(CC(C)C)C(=O)NC(CO)C(=O)N[C@H]([C@@H](C)O)C(=O)NC(Cc2ccccc2)C(=O)NC(C(C)CC)C(=O)O1. The summed E-state index contributed by atoms with van der Waals surface area (Å²) in [6.45, 7) is 9.86. The van der Waals surface area contributed by atoms with Crippen LogP contribution >= 0.6 is 0 Å². The lowest BCUT2D eigenvalue weighted by Gasteiger charge is -2.29. The number of amides is 5. The molecule has 1 aromatic rings. The Hall–Kier alpha value is -4.04. The smallest absolute Gasteiger partial charge is 0.329 e. The quantitative estimate of drug-likeness (QED) is 0.110. The third kappa shape index (κ3) is 14.9. The third-order valence-electron chi connectivity index (χ3n) is 9.24. The van der Waals surface area contributed by atoms with E-state index in [4.69, 9.17) is 4.74 Å². The van der Waals surface area contributed by atoms with Gasteiger partial charge in [0, 0.05) is 6.42 Å². The fourth-order valence-corrected chi connectivity index (χ4v) is 5.95. The topological polar surface area (TPSA) is 212 Å². The molecule has 0 radical (unpaired) electrons. The molecule has 8 atom stereocenters. The normalized spacial score (nSPS) is 25.6. The van der Waals surface area contributed by atoms with Gasteiger partial charge in [0.25, 0.3) is 0 Å². The van der Waals surface area contributed by atoms with Gasteiger partial charge in [0.1, 0.15) is 36.3 Å². The third-order valence-corrected chi connectivity index (χ3v) is 9.24. The molecule has 1 saturated heterocycles. The van der Waals surface area contributed by atoms with E-state index in [9.17, 15) is 39.0 Å². The molecular formula is C38H61N5O9. The van der Waals surface area contributed by atoms with Gasteiger partial charge < -0.3 is 41.5 Å². The van der Waals surface area contributed by atoms with Crippen molar-refractivity contribution in [2.24, 2.45) is 11.8 Å². The van der Waals surface area contributed by atoms with Crippen LogP contribution in [-0.2, 0) is 39.9 Å². The first-order valence-electron chi connectivity index (χ1n) is 18.7. The van der Waals surface area contributed by atoms with Gasteiger partial charge in [-0.1, -0.05) is 97.1 Å². The minimum Gasteiger partial charge on any atom is -0.460 e. The molecule has 1 aliphatic rings. The zero-order chi connectivity index (χ0) is 38.8. The summed E-state index contributed by atoms with van der Waals surface area (Å²) in [5, 5.41) is 33.6. The van der Waals surface area contributed by atoms with Gasteiger partial charge in [-0.25, -0.2) is 4.79 Å². The zero-order valence-electron chi connectivity index (χ0n) is 31.6. The molecule has 2 rings (SSSR count). The molecule has 0 saturated carbocycles. The van der Waals surface area contributed by atoms with Gasteiger partial charge in [0.15, 0.2) is 0 Å². The van der Waals surface area contributed by atoms with E-state index >= 15 is 0 Å². The maximum atomic E-state index is 14.0. The Balaban J connectivity index is 2.60. The van der Waals surface area contributed by atoms with Gasteiger partial charge in [-0.3, -0.25) is 24.0 Å². The predicted molar refractivity (Wildman–Crippen MR) is 195 cm³/mol. The van der Waals surface area contributed by atoms with Crippen LogP contribution in [0.5, 0.6) is 0 Å². The number of ether oxygens (including phenoxy) is 1. The second-order valence-corrected chi connectivity index (χ2v) is 14.3. The summed E-state index contributed by atoms with van der Waals surface area (Å²) in [5.74, 6) is -5.04. The largest absolute Gasteiger partial charge is 0.460 e. The van der Waals surface area contributed by atoms with Crippen LogP contribution in [0.3, 0.4) is 0 Å². The first-order valence-corrected chi connectivity index (χ1v) is 18.7. The Labute approximate surface area is 308 Å². The van der Waals surface area contributed by atoms with Crippen molar-refractivity contribution in [3.8, 4) is 0 Å². The van der Waals surface area contributed by atoms with Crippen LogP contribution in [0, 0.1) is 11.8 Å². The summed E-state index contributed by atoms with van der Waals surface area (Å²) < 4.78 is 5.97. The molecule has 1 aliphatic heterocycles. The molecule has 6 unspecified atom stereocenters. The molecule has 0 bridgehead atoms. The second kappa shape index (κ2) is 22.8. The van der Waals surface area contributed by atoms with Gasteiger partial charge in [0.05, 0.1) is 19.1 Å². The molecule has 0 aliphatic carbocycles. The predicted octanol–water partition coefficient (Wildman–Crippen LogP) is 1.79. The van der Waals surface area contributed by atoms with Crippen molar-refractivity contribution >= 4 is 35.5 Å². The molecule has 1 heterocycles. The average Bonchev–Trinajstić information content (AvgIpc) is 3.09. The molecule has 14 nitrogen and oxygen atoms in total. The molecule has 0 spiro atoms. The highest BCUT2D eigenvalue weighted by atomic mass is 16.5. The van der Waals surface area contributed by atoms with Gasteiger partial charge in [-0.05, 0) is 43.6 Å². The van der Waals surface area contributed by atoms with Crippen LogP contribution in [-0.4, -0.2) is 94.7 Å². The lowest BCUT2D eigenvalue weighted by atomic mass is 9.97. The molecule has 5 amide bonds. The Kier molecular flexibility index (Phi) is 19.3. The van der Waals surface area contributed by atoms with Gasteiger partial charge in [0.2, 0.25) is 29.5 Å². The highest BCUT2D eigenvalue weighted by Crippen LogP contribution is 2.18. The van der Waals surface area contributed by atoms with Crippen molar-refractivity contribution in [3.63, 3.8) is 0 Å². The summed E-state index contributed by atoms with van der Waals surface area (Å²) >= 11 is 0. The number of unbranched alkanes of at least 4 members (excludes halogenated alkanes) is 4. The number of aliphatic hydroxyl groups is 2. The highest BCUT2D eigenvalue weighted by molar-refractivity contribution is 5.96. The number of cyclic esters (lactones) is 1. The van der Waals surface area contributed by atoms with E-state index in [1.54, 1.807) is 37.3 Å². The van der Waals surface area contributed by atoms with E-state index in [0.29, 0.717) is 24.8 Å². The van der Waals surface area contributed by atoms with E-state index in [1.807, 2.05) is 20.8 Å². The first-order chi connectivity index (χ1) is 24.7. The standard InChI is InChI=1S/C38H61N5O9/c1-7-9-10-11-15-18-27-21-31(46)39-28(19-23(3)4)34(47)41-30(22-44)36(49)43-33(25(6)45)37(50)40-29(20-26-16-13-12-14-17-26)35(48)42-32(24(5)8-2)38(51)52-27/h12-14,16-17,23-25,27-30,32-33,44-45H,7-11,15,18-22H2,1-6H3,(H,39,46)(H,40,50)(H,41,47)(H,42,48)(H,43,49)/t24?,25-,27?,28?,29?,30?,32?,33-/m1/s1. The van der Waals surface area contributed by atoms with Crippen LogP contribution in [0.2, 0.25) is 0 Å². The lowest BCUT2D eigenvalue weighted by molar-refractivity contribution is -0.156. The summed E-state index contributed by atoms with van der Waals surface area (Å²) in [6.07, 6.45) is 3.15. The number of benzene rings is 1. The Morgan fingerprint density at radius 3 is 1.92 bits per heavy atom. The van der Waals surface area contributed by atoms with E-state index in [1.165, 1.54) is 6.92 Å². The van der Waals surface area contributed by atoms with Crippen LogP contribution in [0.4, 0.5) is 0 Å². The monoisotopic (exact) mass is 731 g/mol. The lowest BCUT2D eigenvalue weighted by Crippen LogP contribution is -2.62. The number of hydrogen-bond donors (Lipinski definition) is 7. The van der Waals surface area contributed by atoms with Gasteiger partial charge in [-0.2, -0.15) is 0 Å². The number of hydrogen-bond acceptors (Lipinski definition) is 9. The number of esters is 1. The zero-order valence-corrected chi connectivity index (χ0v) is 31.6. The molecule has 7 N–H and O–H groups in total. The minimum absolute atomic E-state index is 0.00822.